The predicted octanol–water partition coefficient (Wildman–Crippen LogP) is 2.82. The van der Waals surface area contributed by atoms with Gasteiger partial charge in [-0.05, 0) is 12.5 Å². The van der Waals surface area contributed by atoms with E-state index in [2.05, 4.69) is 29.4 Å². The molecular formula is C11H18F3N3S. The van der Waals surface area contributed by atoms with E-state index in [0.717, 1.165) is 24.5 Å². The van der Waals surface area contributed by atoms with Crippen LogP contribution in [0.25, 0.3) is 0 Å². The Morgan fingerprint density at radius 1 is 1.17 bits per heavy atom. The van der Waals surface area contributed by atoms with Crippen LogP contribution in [0.3, 0.4) is 0 Å². The number of nitrogens with one attached hydrogen (secondary N) is 1. The van der Waals surface area contributed by atoms with Crippen LogP contribution in [0, 0.1) is 5.92 Å². The number of aromatic nitrogens is 2. The molecule has 0 unspecified atom stereocenters. The summed E-state index contributed by atoms with van der Waals surface area (Å²) >= 11 is 1.27. The second kappa shape index (κ2) is 7.04. The van der Waals surface area contributed by atoms with Crippen molar-refractivity contribution in [2.24, 2.45) is 5.92 Å². The molecule has 0 radical (unpaired) electrons. The van der Waals surface area contributed by atoms with Crippen molar-refractivity contribution in [3.05, 3.63) is 10.0 Å². The van der Waals surface area contributed by atoms with Crippen molar-refractivity contribution < 1.29 is 13.2 Å². The summed E-state index contributed by atoms with van der Waals surface area (Å²) in [7, 11) is 0. The molecule has 0 aliphatic rings. The van der Waals surface area contributed by atoms with Gasteiger partial charge in [-0.15, -0.1) is 21.5 Å². The maximum Gasteiger partial charge on any atom is 0.389 e. The molecule has 18 heavy (non-hydrogen) atoms. The molecule has 1 aromatic heterocycles. The number of hydrogen-bond donors (Lipinski definition) is 1. The van der Waals surface area contributed by atoms with Gasteiger partial charge in [0.25, 0.3) is 0 Å². The zero-order chi connectivity index (χ0) is 13.6. The average molecular weight is 281 g/mol. The highest BCUT2D eigenvalue weighted by Crippen LogP contribution is 2.23. The van der Waals surface area contributed by atoms with Crippen LogP contribution in [-0.2, 0) is 12.8 Å². The van der Waals surface area contributed by atoms with E-state index in [1.807, 2.05) is 0 Å². The number of hydrogen-bond acceptors (Lipinski definition) is 4. The summed E-state index contributed by atoms with van der Waals surface area (Å²) in [6, 6.07) is 0. The Morgan fingerprint density at radius 3 is 2.33 bits per heavy atom. The van der Waals surface area contributed by atoms with Gasteiger partial charge in [-0.1, -0.05) is 13.8 Å². The predicted molar refractivity (Wildman–Crippen MR) is 65.7 cm³/mol. The minimum absolute atomic E-state index is 0.0689. The van der Waals surface area contributed by atoms with Gasteiger partial charge in [0, 0.05) is 25.8 Å². The highest BCUT2D eigenvalue weighted by molar-refractivity contribution is 7.11. The molecule has 1 N–H and O–H groups in total. The van der Waals surface area contributed by atoms with E-state index in [0.29, 0.717) is 10.9 Å². The molecule has 0 aliphatic carbocycles. The first-order valence-electron chi connectivity index (χ1n) is 5.95. The van der Waals surface area contributed by atoms with Crippen LogP contribution in [0.2, 0.25) is 0 Å². The van der Waals surface area contributed by atoms with Gasteiger partial charge in [0.05, 0.1) is 0 Å². The van der Waals surface area contributed by atoms with Crippen molar-refractivity contribution in [2.75, 3.05) is 13.1 Å². The van der Waals surface area contributed by atoms with Gasteiger partial charge in [-0.3, -0.25) is 0 Å². The first kappa shape index (κ1) is 15.4. The van der Waals surface area contributed by atoms with E-state index < -0.39 is 12.6 Å². The molecule has 0 aromatic carbocycles. The van der Waals surface area contributed by atoms with Crippen LogP contribution in [0.4, 0.5) is 13.2 Å². The molecule has 1 aromatic rings. The zero-order valence-corrected chi connectivity index (χ0v) is 11.4. The molecule has 0 spiro atoms. The first-order valence-corrected chi connectivity index (χ1v) is 6.77. The third-order valence-corrected chi connectivity index (χ3v) is 3.24. The summed E-state index contributed by atoms with van der Waals surface area (Å²) < 4.78 is 36.1. The lowest BCUT2D eigenvalue weighted by molar-refractivity contribution is -0.134. The third-order valence-electron chi connectivity index (χ3n) is 2.20. The average Bonchev–Trinajstić information content (AvgIpc) is 2.68. The smallest absolute Gasteiger partial charge is 0.316 e. The van der Waals surface area contributed by atoms with Crippen LogP contribution in [0.1, 0.15) is 30.3 Å². The maximum absolute atomic E-state index is 12.0. The van der Waals surface area contributed by atoms with Gasteiger partial charge in [-0.25, -0.2) is 0 Å². The summed E-state index contributed by atoms with van der Waals surface area (Å²) in [6.45, 7) is 5.95. The van der Waals surface area contributed by atoms with E-state index in [1.54, 1.807) is 0 Å². The molecule has 0 saturated heterocycles. The summed E-state index contributed by atoms with van der Waals surface area (Å²) in [4.78, 5) is 0. The van der Waals surface area contributed by atoms with Crippen molar-refractivity contribution in [3.63, 3.8) is 0 Å². The van der Waals surface area contributed by atoms with Gasteiger partial charge in [-0.2, -0.15) is 13.2 Å². The number of rotatable bonds is 7. The van der Waals surface area contributed by atoms with Gasteiger partial charge >= 0.3 is 6.18 Å². The Balaban J connectivity index is 2.26. The lowest BCUT2D eigenvalue weighted by Crippen LogP contribution is -2.22. The van der Waals surface area contributed by atoms with E-state index in [1.165, 1.54) is 11.3 Å². The lowest BCUT2D eigenvalue weighted by Gasteiger charge is -2.05. The fraction of sp³-hybridized carbons (Fsp3) is 0.818. The Hall–Kier alpha value is -0.690. The minimum Gasteiger partial charge on any atom is -0.316 e. The quantitative estimate of drug-likeness (QED) is 0.781. The van der Waals surface area contributed by atoms with Gasteiger partial charge in [0.1, 0.15) is 10.0 Å². The van der Waals surface area contributed by atoms with E-state index in [-0.39, 0.29) is 6.42 Å². The van der Waals surface area contributed by atoms with E-state index in [4.69, 9.17) is 0 Å². The minimum atomic E-state index is -4.12. The fourth-order valence-electron chi connectivity index (χ4n) is 1.33. The zero-order valence-electron chi connectivity index (χ0n) is 10.5. The van der Waals surface area contributed by atoms with Crippen LogP contribution in [0.15, 0.2) is 0 Å². The third kappa shape index (κ3) is 6.90. The Bertz CT molecular complexity index is 350. The van der Waals surface area contributed by atoms with Crippen molar-refractivity contribution in [1.29, 1.82) is 0 Å². The second-order valence-electron chi connectivity index (χ2n) is 4.55. The monoisotopic (exact) mass is 281 g/mol. The molecule has 0 saturated carbocycles. The van der Waals surface area contributed by atoms with Crippen molar-refractivity contribution >= 4 is 11.3 Å². The highest BCUT2D eigenvalue weighted by atomic mass is 32.1. The Labute approximate surface area is 109 Å². The Kier molecular flexibility index (Phi) is 6.01. The van der Waals surface area contributed by atoms with E-state index in [9.17, 15) is 13.2 Å². The molecule has 1 rings (SSSR count). The molecule has 104 valence electrons. The van der Waals surface area contributed by atoms with Gasteiger partial charge < -0.3 is 5.32 Å². The maximum atomic E-state index is 12.0. The largest absolute Gasteiger partial charge is 0.389 e. The van der Waals surface area contributed by atoms with Crippen molar-refractivity contribution in [1.82, 2.24) is 15.5 Å². The van der Waals surface area contributed by atoms with Crippen LogP contribution < -0.4 is 5.32 Å². The summed E-state index contributed by atoms with van der Waals surface area (Å²) in [5, 5.41) is 12.2. The van der Waals surface area contributed by atoms with Gasteiger partial charge in [0.2, 0.25) is 0 Å². The Morgan fingerprint density at radius 2 is 1.78 bits per heavy atom. The molecule has 0 bridgehead atoms. The fourth-order valence-corrected chi connectivity index (χ4v) is 2.17. The molecule has 0 atom stereocenters. The molecule has 7 heteroatoms. The molecule has 0 aliphatic heterocycles. The van der Waals surface area contributed by atoms with Crippen LogP contribution >= 0.6 is 11.3 Å². The molecular weight excluding hydrogens is 263 g/mol. The highest BCUT2D eigenvalue weighted by Gasteiger charge is 2.27. The number of nitrogens with zero attached hydrogens (tertiary/aromatic N) is 2. The molecule has 1 heterocycles. The van der Waals surface area contributed by atoms with Crippen LogP contribution in [0.5, 0.6) is 0 Å². The standard InChI is InChI=1S/C11H18F3N3S/c1-8(2)7-15-6-4-10-17-16-9(18-10)3-5-11(12,13)14/h8,15H,3-7H2,1-2H3. The summed E-state index contributed by atoms with van der Waals surface area (Å²) in [6.07, 6.45) is -4.30. The van der Waals surface area contributed by atoms with Gasteiger partial charge in [0.15, 0.2) is 0 Å². The molecule has 3 nitrogen and oxygen atoms in total. The summed E-state index contributed by atoms with van der Waals surface area (Å²) in [5.74, 6) is 0.585. The molecule has 0 fully saturated rings. The number of alkyl halides is 3. The topological polar surface area (TPSA) is 37.8 Å². The molecule has 0 amide bonds. The van der Waals surface area contributed by atoms with Crippen molar-refractivity contribution in [2.45, 2.75) is 39.3 Å². The normalized spacial score (nSPS) is 12.3. The second-order valence-corrected chi connectivity index (χ2v) is 5.70. The SMILES string of the molecule is CC(C)CNCCc1nnc(CCC(F)(F)F)s1. The lowest BCUT2D eigenvalue weighted by atomic mass is 10.2. The van der Waals surface area contributed by atoms with E-state index >= 15 is 0 Å². The summed E-state index contributed by atoms with van der Waals surface area (Å²) in [5.41, 5.74) is 0. The number of halogens is 3. The van der Waals surface area contributed by atoms with Crippen molar-refractivity contribution in [3.8, 4) is 0 Å². The first-order chi connectivity index (χ1) is 8.37. The van der Waals surface area contributed by atoms with Crippen LogP contribution in [-0.4, -0.2) is 29.5 Å². The number of aryl methyl sites for hydroxylation is 1.